The smallest absolute Gasteiger partial charge is 0.322 e. The van der Waals surface area contributed by atoms with Gasteiger partial charge in [-0.05, 0) is 48.9 Å². The molecule has 5 nitrogen and oxygen atoms in total. The van der Waals surface area contributed by atoms with Crippen LogP contribution in [-0.2, 0) is 5.60 Å². The fraction of sp³-hybridized carbons (Fsp3) is 0.292. The van der Waals surface area contributed by atoms with Gasteiger partial charge in [0.1, 0.15) is 11.4 Å². The summed E-state index contributed by atoms with van der Waals surface area (Å²) in [6.07, 6.45) is 1.61. The number of nitrogens with zero attached hydrogens (tertiary/aromatic N) is 1. The van der Waals surface area contributed by atoms with E-state index in [0.717, 1.165) is 40.6 Å². The molecule has 0 aliphatic carbocycles. The van der Waals surface area contributed by atoms with Gasteiger partial charge in [0.2, 0.25) is 0 Å². The number of carbonyl (C=O) groups is 1. The molecule has 3 aromatic carbocycles. The second kappa shape index (κ2) is 7.76. The topological polar surface area (TPSA) is 61.8 Å². The first kappa shape index (κ1) is 19.3. The van der Waals surface area contributed by atoms with Crippen molar-refractivity contribution in [2.75, 3.05) is 19.0 Å². The summed E-state index contributed by atoms with van der Waals surface area (Å²) in [4.78, 5) is 14.9. The summed E-state index contributed by atoms with van der Waals surface area (Å²) in [6.45, 7) is 2.40. The fourth-order valence-electron chi connectivity index (χ4n) is 4.24. The maximum atomic E-state index is 13.1. The van der Waals surface area contributed by atoms with Crippen molar-refractivity contribution in [3.63, 3.8) is 0 Å². The van der Waals surface area contributed by atoms with Crippen LogP contribution in [-0.4, -0.2) is 35.7 Å². The number of benzene rings is 3. The Morgan fingerprint density at radius 1 is 1.10 bits per heavy atom. The number of likely N-dealkylation sites (tertiary alicyclic amines) is 1. The summed E-state index contributed by atoms with van der Waals surface area (Å²) in [7, 11) is 1.61. The third kappa shape index (κ3) is 3.66. The van der Waals surface area contributed by atoms with Gasteiger partial charge in [0.05, 0.1) is 18.8 Å². The molecule has 1 heterocycles. The molecule has 150 valence electrons. The number of hydrogen-bond acceptors (Lipinski definition) is 3. The van der Waals surface area contributed by atoms with E-state index in [1.165, 1.54) is 0 Å². The predicted molar refractivity (Wildman–Crippen MR) is 115 cm³/mol. The second-order valence-corrected chi connectivity index (χ2v) is 7.68. The largest absolute Gasteiger partial charge is 0.497 e. The third-order valence-corrected chi connectivity index (χ3v) is 5.87. The van der Waals surface area contributed by atoms with Gasteiger partial charge >= 0.3 is 6.03 Å². The van der Waals surface area contributed by atoms with Crippen LogP contribution in [0.3, 0.4) is 0 Å². The normalized spacial score (nSPS) is 18.4. The maximum absolute atomic E-state index is 13.1. The van der Waals surface area contributed by atoms with Crippen molar-refractivity contribution in [2.24, 2.45) is 0 Å². The molecule has 1 saturated heterocycles. The van der Waals surface area contributed by atoms with Gasteiger partial charge < -0.3 is 20.1 Å². The highest BCUT2D eigenvalue weighted by atomic mass is 16.5. The van der Waals surface area contributed by atoms with Crippen molar-refractivity contribution < 1.29 is 14.6 Å². The number of urea groups is 1. The van der Waals surface area contributed by atoms with Gasteiger partial charge in [-0.15, -0.1) is 0 Å². The standard InChI is InChI=1S/C24H26N2O3/c1-24(28,18-12-14-19(29-2)15-13-18)22-11-6-16-26(22)23(27)25-21-10-5-8-17-7-3-4-9-20(17)21/h3-5,7-10,12-15,22,28H,6,11,16H2,1-2H3,(H,25,27). The summed E-state index contributed by atoms with van der Waals surface area (Å²) in [6, 6.07) is 20.7. The molecule has 1 aliphatic heterocycles. The van der Waals surface area contributed by atoms with E-state index in [-0.39, 0.29) is 12.1 Å². The minimum absolute atomic E-state index is 0.183. The van der Waals surface area contributed by atoms with E-state index in [1.807, 2.05) is 66.7 Å². The average Bonchev–Trinajstić information content (AvgIpc) is 3.25. The van der Waals surface area contributed by atoms with Crippen molar-refractivity contribution in [1.82, 2.24) is 4.90 Å². The molecule has 2 N–H and O–H groups in total. The Balaban J connectivity index is 1.57. The quantitative estimate of drug-likeness (QED) is 0.676. The second-order valence-electron chi connectivity index (χ2n) is 7.68. The first-order chi connectivity index (χ1) is 14.0. The van der Waals surface area contributed by atoms with E-state index in [0.29, 0.717) is 6.54 Å². The lowest BCUT2D eigenvalue weighted by Crippen LogP contribution is -2.49. The first-order valence-electron chi connectivity index (χ1n) is 9.93. The SMILES string of the molecule is COc1ccc(C(C)(O)C2CCCN2C(=O)Nc2cccc3ccccc23)cc1. The number of aliphatic hydroxyl groups is 1. The molecule has 0 spiro atoms. The number of hydrogen-bond donors (Lipinski definition) is 2. The van der Waals surface area contributed by atoms with Crippen LogP contribution < -0.4 is 10.1 Å². The Kier molecular flexibility index (Phi) is 5.16. The van der Waals surface area contributed by atoms with E-state index in [2.05, 4.69) is 5.32 Å². The number of amides is 2. The molecule has 1 fully saturated rings. The molecular weight excluding hydrogens is 364 g/mol. The molecule has 2 unspecified atom stereocenters. The van der Waals surface area contributed by atoms with Crippen LogP contribution in [0.25, 0.3) is 10.8 Å². The zero-order chi connectivity index (χ0) is 20.4. The van der Waals surface area contributed by atoms with Crippen LogP contribution in [0.4, 0.5) is 10.5 Å². The molecule has 2 atom stereocenters. The lowest BCUT2D eigenvalue weighted by molar-refractivity contribution is -0.00943. The molecule has 29 heavy (non-hydrogen) atoms. The van der Waals surface area contributed by atoms with Gasteiger partial charge in [-0.25, -0.2) is 4.79 Å². The maximum Gasteiger partial charge on any atom is 0.322 e. The molecule has 0 aromatic heterocycles. The zero-order valence-corrected chi connectivity index (χ0v) is 16.8. The van der Waals surface area contributed by atoms with Crippen LogP contribution in [0, 0.1) is 0 Å². The molecule has 4 rings (SSSR count). The van der Waals surface area contributed by atoms with E-state index in [1.54, 1.807) is 18.9 Å². The Morgan fingerprint density at radius 3 is 2.59 bits per heavy atom. The van der Waals surface area contributed by atoms with E-state index >= 15 is 0 Å². The number of nitrogens with one attached hydrogen (secondary N) is 1. The average molecular weight is 390 g/mol. The highest BCUT2D eigenvalue weighted by Crippen LogP contribution is 2.36. The monoisotopic (exact) mass is 390 g/mol. The van der Waals surface area contributed by atoms with Crippen LogP contribution in [0.15, 0.2) is 66.7 Å². The molecule has 0 bridgehead atoms. The summed E-state index contributed by atoms with van der Waals surface area (Å²) >= 11 is 0. The van der Waals surface area contributed by atoms with Crippen molar-refractivity contribution in [3.8, 4) is 5.75 Å². The highest BCUT2D eigenvalue weighted by Gasteiger charge is 2.42. The molecule has 2 amide bonds. The van der Waals surface area contributed by atoms with Crippen LogP contribution in [0.2, 0.25) is 0 Å². The van der Waals surface area contributed by atoms with Crippen molar-refractivity contribution in [1.29, 1.82) is 0 Å². The number of rotatable bonds is 4. The first-order valence-corrected chi connectivity index (χ1v) is 9.93. The van der Waals surface area contributed by atoms with E-state index in [4.69, 9.17) is 4.74 Å². The molecule has 3 aromatic rings. The minimum atomic E-state index is -1.15. The Morgan fingerprint density at radius 2 is 1.83 bits per heavy atom. The van der Waals surface area contributed by atoms with Crippen LogP contribution in [0.1, 0.15) is 25.3 Å². The molecule has 1 aliphatic rings. The Labute approximate surface area is 170 Å². The summed E-state index contributed by atoms with van der Waals surface area (Å²) in [5, 5.41) is 16.5. The number of ether oxygens (including phenoxy) is 1. The fourth-order valence-corrected chi connectivity index (χ4v) is 4.24. The van der Waals surface area contributed by atoms with Gasteiger partial charge in [0.15, 0.2) is 0 Å². The van der Waals surface area contributed by atoms with Gasteiger partial charge in [0, 0.05) is 11.9 Å². The van der Waals surface area contributed by atoms with E-state index < -0.39 is 5.60 Å². The number of carbonyl (C=O) groups excluding carboxylic acids is 1. The van der Waals surface area contributed by atoms with Gasteiger partial charge in [-0.2, -0.15) is 0 Å². The highest BCUT2D eigenvalue weighted by molar-refractivity contribution is 6.01. The summed E-state index contributed by atoms with van der Waals surface area (Å²) in [5.41, 5.74) is 0.398. The lowest BCUT2D eigenvalue weighted by Gasteiger charge is -2.37. The number of anilines is 1. The lowest BCUT2D eigenvalue weighted by atomic mass is 9.86. The minimum Gasteiger partial charge on any atom is -0.497 e. The van der Waals surface area contributed by atoms with Gasteiger partial charge in [-0.1, -0.05) is 48.5 Å². The van der Waals surface area contributed by atoms with Crippen LogP contribution >= 0.6 is 0 Å². The number of fused-ring (bicyclic) bond motifs is 1. The van der Waals surface area contributed by atoms with E-state index in [9.17, 15) is 9.90 Å². The Hall–Kier alpha value is -3.05. The number of methoxy groups -OCH3 is 1. The third-order valence-electron chi connectivity index (χ3n) is 5.87. The van der Waals surface area contributed by atoms with Gasteiger partial charge in [-0.3, -0.25) is 0 Å². The van der Waals surface area contributed by atoms with Crippen molar-refractivity contribution in [3.05, 3.63) is 72.3 Å². The van der Waals surface area contributed by atoms with Crippen molar-refractivity contribution >= 4 is 22.5 Å². The Bertz CT molecular complexity index is 1010. The summed E-state index contributed by atoms with van der Waals surface area (Å²) in [5.74, 6) is 0.738. The molecule has 0 radical (unpaired) electrons. The summed E-state index contributed by atoms with van der Waals surface area (Å²) < 4.78 is 5.21. The van der Waals surface area contributed by atoms with Crippen LogP contribution in [0.5, 0.6) is 5.75 Å². The molecule has 0 saturated carbocycles. The zero-order valence-electron chi connectivity index (χ0n) is 16.8. The predicted octanol–water partition coefficient (Wildman–Crippen LogP) is 4.75. The van der Waals surface area contributed by atoms with Crippen molar-refractivity contribution in [2.45, 2.75) is 31.4 Å². The molecular formula is C24H26N2O3. The molecule has 5 heteroatoms. The van der Waals surface area contributed by atoms with Gasteiger partial charge in [0.25, 0.3) is 0 Å².